The molecule has 1 amide bonds. The van der Waals surface area contributed by atoms with Crippen molar-refractivity contribution in [3.63, 3.8) is 0 Å². The van der Waals surface area contributed by atoms with Crippen LogP contribution in [0.4, 0.5) is 0 Å². The van der Waals surface area contributed by atoms with E-state index in [0.29, 0.717) is 17.7 Å². The van der Waals surface area contributed by atoms with Crippen LogP contribution in [0.5, 0.6) is 0 Å². The fraction of sp³-hybridized carbons (Fsp3) is 0.812. The molecule has 3 heteroatoms. The Bertz CT molecular complexity index is 345. The van der Waals surface area contributed by atoms with Crippen molar-refractivity contribution in [1.29, 1.82) is 0 Å². The van der Waals surface area contributed by atoms with Gasteiger partial charge in [0.2, 0.25) is 5.91 Å². The lowest BCUT2D eigenvalue weighted by Crippen LogP contribution is -2.51. The standard InChI is InChI=1S/C16H27NOS/c1-16(2,12-19)15(18)17-11-7-6-10-14(17)13-8-4-3-5-9-13/h6,10,13-14,19H,3-5,7-9,11-12H2,1-2H3. The first-order chi connectivity index (χ1) is 9.06. The number of nitrogens with zero attached hydrogens (tertiary/aromatic N) is 1. The second kappa shape index (κ2) is 6.34. The predicted octanol–water partition coefficient (Wildman–Crippen LogP) is 3.68. The van der Waals surface area contributed by atoms with E-state index in [2.05, 4.69) is 29.7 Å². The third kappa shape index (κ3) is 3.36. The molecule has 0 N–H and O–H groups in total. The monoisotopic (exact) mass is 281 g/mol. The lowest BCUT2D eigenvalue weighted by molar-refractivity contribution is -0.142. The van der Waals surface area contributed by atoms with Gasteiger partial charge in [-0.2, -0.15) is 12.6 Å². The van der Waals surface area contributed by atoms with Gasteiger partial charge in [0.15, 0.2) is 0 Å². The van der Waals surface area contributed by atoms with Crippen LogP contribution in [0, 0.1) is 11.3 Å². The van der Waals surface area contributed by atoms with Gasteiger partial charge in [-0.1, -0.05) is 45.3 Å². The molecule has 1 heterocycles. The Morgan fingerprint density at radius 2 is 2.00 bits per heavy atom. The van der Waals surface area contributed by atoms with Gasteiger partial charge in [-0.15, -0.1) is 0 Å². The van der Waals surface area contributed by atoms with E-state index in [9.17, 15) is 4.79 Å². The minimum absolute atomic E-state index is 0.280. The summed E-state index contributed by atoms with van der Waals surface area (Å²) in [6.45, 7) is 4.91. The summed E-state index contributed by atoms with van der Waals surface area (Å²) in [5, 5.41) is 0. The van der Waals surface area contributed by atoms with Crippen molar-refractivity contribution in [2.24, 2.45) is 11.3 Å². The SMILES string of the molecule is CC(C)(CS)C(=O)N1CCC=CC1C1CCCCC1. The summed E-state index contributed by atoms with van der Waals surface area (Å²) in [5.41, 5.74) is -0.346. The zero-order chi connectivity index (χ0) is 13.9. The van der Waals surface area contributed by atoms with Crippen LogP contribution in [-0.2, 0) is 4.79 Å². The van der Waals surface area contributed by atoms with Crippen LogP contribution in [0.25, 0.3) is 0 Å². The van der Waals surface area contributed by atoms with Crippen LogP contribution < -0.4 is 0 Å². The lowest BCUT2D eigenvalue weighted by atomic mass is 9.81. The molecule has 108 valence electrons. The zero-order valence-electron chi connectivity index (χ0n) is 12.3. The molecule has 0 saturated heterocycles. The van der Waals surface area contributed by atoms with E-state index in [0.717, 1.165) is 13.0 Å². The molecule has 1 atom stereocenters. The van der Waals surface area contributed by atoms with Gasteiger partial charge in [0.25, 0.3) is 0 Å². The molecule has 0 aromatic heterocycles. The van der Waals surface area contributed by atoms with Crippen LogP contribution in [0.1, 0.15) is 52.4 Å². The van der Waals surface area contributed by atoms with Crippen LogP contribution in [0.15, 0.2) is 12.2 Å². The topological polar surface area (TPSA) is 20.3 Å². The molecule has 1 saturated carbocycles. The van der Waals surface area contributed by atoms with Gasteiger partial charge < -0.3 is 4.90 Å². The van der Waals surface area contributed by atoms with E-state index in [-0.39, 0.29) is 11.3 Å². The maximum absolute atomic E-state index is 12.7. The van der Waals surface area contributed by atoms with Gasteiger partial charge in [-0.3, -0.25) is 4.79 Å². The number of amides is 1. The lowest BCUT2D eigenvalue weighted by Gasteiger charge is -2.42. The van der Waals surface area contributed by atoms with Crippen molar-refractivity contribution < 1.29 is 4.79 Å². The van der Waals surface area contributed by atoms with Gasteiger partial charge in [0.1, 0.15) is 0 Å². The molecule has 19 heavy (non-hydrogen) atoms. The van der Waals surface area contributed by atoms with Crippen molar-refractivity contribution in [2.45, 2.75) is 58.4 Å². The summed E-state index contributed by atoms with van der Waals surface area (Å²) >= 11 is 4.35. The van der Waals surface area contributed by atoms with Gasteiger partial charge in [-0.05, 0) is 25.2 Å². The maximum Gasteiger partial charge on any atom is 0.229 e. The second-order valence-corrected chi connectivity index (χ2v) is 6.96. The Hall–Kier alpha value is -0.440. The quantitative estimate of drug-likeness (QED) is 0.618. The van der Waals surface area contributed by atoms with Gasteiger partial charge in [0, 0.05) is 12.3 Å². The molecular formula is C16H27NOS. The predicted molar refractivity (Wildman–Crippen MR) is 83.5 cm³/mol. The number of hydrogen-bond donors (Lipinski definition) is 1. The zero-order valence-corrected chi connectivity index (χ0v) is 13.2. The van der Waals surface area contributed by atoms with Gasteiger partial charge in [0.05, 0.1) is 11.5 Å². The Labute approximate surface area is 123 Å². The number of rotatable bonds is 3. The highest BCUT2D eigenvalue weighted by Crippen LogP contribution is 2.33. The van der Waals surface area contributed by atoms with E-state index in [1.165, 1.54) is 32.1 Å². The third-order valence-corrected chi connectivity index (χ3v) is 5.39. The van der Waals surface area contributed by atoms with Crippen LogP contribution in [-0.4, -0.2) is 29.1 Å². The fourth-order valence-electron chi connectivity index (χ4n) is 3.28. The van der Waals surface area contributed by atoms with Crippen molar-refractivity contribution >= 4 is 18.5 Å². The first-order valence-corrected chi connectivity index (χ1v) is 8.28. The molecule has 0 bridgehead atoms. The molecule has 1 fully saturated rings. The maximum atomic E-state index is 12.7. The Kier molecular flexibility index (Phi) is 4.99. The highest BCUT2D eigenvalue weighted by molar-refractivity contribution is 7.80. The number of hydrogen-bond acceptors (Lipinski definition) is 2. The molecule has 0 radical (unpaired) electrons. The van der Waals surface area contributed by atoms with Gasteiger partial charge in [-0.25, -0.2) is 0 Å². The highest BCUT2D eigenvalue weighted by Gasteiger charge is 2.37. The molecular weight excluding hydrogens is 254 g/mol. The first-order valence-electron chi connectivity index (χ1n) is 7.65. The van der Waals surface area contributed by atoms with E-state index >= 15 is 0 Å². The second-order valence-electron chi connectivity index (χ2n) is 6.65. The number of carbonyl (C=O) groups excluding carboxylic acids is 1. The first kappa shape index (κ1) is 15.0. The Morgan fingerprint density at radius 1 is 1.32 bits per heavy atom. The summed E-state index contributed by atoms with van der Waals surface area (Å²) in [7, 11) is 0. The van der Waals surface area contributed by atoms with E-state index in [4.69, 9.17) is 0 Å². The third-order valence-electron chi connectivity index (χ3n) is 4.60. The van der Waals surface area contributed by atoms with Crippen LogP contribution in [0.2, 0.25) is 0 Å². The summed E-state index contributed by atoms with van der Waals surface area (Å²) < 4.78 is 0. The van der Waals surface area contributed by atoms with Gasteiger partial charge >= 0.3 is 0 Å². The molecule has 0 spiro atoms. The molecule has 0 aromatic carbocycles. The van der Waals surface area contributed by atoms with Crippen molar-refractivity contribution in [1.82, 2.24) is 4.90 Å². The summed E-state index contributed by atoms with van der Waals surface area (Å²) in [4.78, 5) is 14.9. The van der Waals surface area contributed by atoms with Crippen molar-refractivity contribution in [2.75, 3.05) is 12.3 Å². The minimum Gasteiger partial charge on any atom is -0.335 e. The molecule has 2 nitrogen and oxygen atoms in total. The van der Waals surface area contributed by atoms with E-state index in [1.807, 2.05) is 13.8 Å². The van der Waals surface area contributed by atoms with E-state index < -0.39 is 0 Å². The average molecular weight is 281 g/mol. The average Bonchev–Trinajstić information content (AvgIpc) is 2.47. The fourth-order valence-corrected chi connectivity index (χ4v) is 3.42. The summed E-state index contributed by atoms with van der Waals surface area (Å²) in [6, 6.07) is 0.334. The number of carbonyl (C=O) groups is 1. The van der Waals surface area contributed by atoms with Crippen molar-refractivity contribution in [3.8, 4) is 0 Å². The molecule has 0 aromatic rings. The van der Waals surface area contributed by atoms with Crippen molar-refractivity contribution in [3.05, 3.63) is 12.2 Å². The summed E-state index contributed by atoms with van der Waals surface area (Å²) in [5.74, 6) is 1.57. The number of thiol groups is 1. The highest BCUT2D eigenvalue weighted by atomic mass is 32.1. The van der Waals surface area contributed by atoms with Crippen LogP contribution in [0.3, 0.4) is 0 Å². The molecule has 1 aliphatic heterocycles. The minimum atomic E-state index is -0.346. The smallest absolute Gasteiger partial charge is 0.229 e. The largest absolute Gasteiger partial charge is 0.335 e. The summed E-state index contributed by atoms with van der Waals surface area (Å²) in [6.07, 6.45) is 12.1. The van der Waals surface area contributed by atoms with E-state index in [1.54, 1.807) is 0 Å². The Morgan fingerprint density at radius 3 is 2.63 bits per heavy atom. The van der Waals surface area contributed by atoms with Crippen LogP contribution >= 0.6 is 12.6 Å². The molecule has 1 unspecified atom stereocenters. The normalized spacial score (nSPS) is 25.6. The molecule has 1 aliphatic carbocycles. The molecule has 2 aliphatic rings. The Balaban J connectivity index is 2.13. The molecule has 2 rings (SSSR count).